The second kappa shape index (κ2) is 11.0. The van der Waals surface area contributed by atoms with Gasteiger partial charge in [0.05, 0.1) is 0 Å². The molecule has 0 rings (SSSR count). The van der Waals surface area contributed by atoms with E-state index in [1.165, 1.54) is 49.1 Å². The summed E-state index contributed by atoms with van der Waals surface area (Å²) in [5.41, 5.74) is 0. The minimum Gasteiger partial charge on any atom is -0.417 e. The Hall–Kier alpha value is 0.354. The van der Waals surface area contributed by atoms with Crippen LogP contribution in [0.25, 0.3) is 0 Å². The second-order valence-corrected chi connectivity index (χ2v) is 15.0. The van der Waals surface area contributed by atoms with Crippen molar-refractivity contribution in [3.8, 4) is 0 Å². The first-order chi connectivity index (χ1) is 9.57. The van der Waals surface area contributed by atoms with Gasteiger partial charge in [0, 0.05) is 13.2 Å². The normalized spacial score (nSPS) is 12.9. The van der Waals surface area contributed by atoms with E-state index in [-0.39, 0.29) is 0 Å². The summed E-state index contributed by atoms with van der Waals surface area (Å²) in [6, 6.07) is 7.77. The molecule has 0 aliphatic rings. The maximum atomic E-state index is 6.18. The zero-order chi connectivity index (χ0) is 15.5. The van der Waals surface area contributed by atoms with Crippen molar-refractivity contribution in [3.05, 3.63) is 0 Å². The van der Waals surface area contributed by atoms with Crippen molar-refractivity contribution in [1.29, 1.82) is 0 Å². The molecule has 0 radical (unpaired) electrons. The molecule has 122 valence electrons. The molecule has 0 unspecified atom stereocenters. The Labute approximate surface area is 129 Å². The maximum Gasteiger partial charge on any atom is 0.192 e. The highest BCUT2D eigenvalue weighted by atomic mass is 28.4. The van der Waals surface area contributed by atoms with Crippen LogP contribution < -0.4 is 0 Å². The van der Waals surface area contributed by atoms with Crippen LogP contribution in [0.2, 0.25) is 36.3 Å². The van der Waals surface area contributed by atoms with Gasteiger partial charge in [0.25, 0.3) is 0 Å². The summed E-state index contributed by atoms with van der Waals surface area (Å²) < 4.78 is 12.4. The lowest BCUT2D eigenvalue weighted by Crippen LogP contribution is -2.38. The number of hydrogen-bond donors (Lipinski definition) is 0. The Morgan fingerprint density at radius 2 is 0.850 bits per heavy atom. The molecular formula is C16H38O2Si2. The van der Waals surface area contributed by atoms with E-state index in [1.54, 1.807) is 0 Å². The van der Waals surface area contributed by atoms with Crippen LogP contribution in [0.15, 0.2) is 0 Å². The monoisotopic (exact) mass is 318 g/mol. The van der Waals surface area contributed by atoms with Gasteiger partial charge in [-0.3, -0.25) is 0 Å². The van der Waals surface area contributed by atoms with E-state index in [0.29, 0.717) is 0 Å². The number of unbranched alkanes of at least 4 members (excludes halogenated alkanes) is 1. The first-order valence-electron chi connectivity index (χ1n) is 8.85. The van der Waals surface area contributed by atoms with Gasteiger partial charge in [0.2, 0.25) is 0 Å². The standard InChI is InChI=1S/C16H38O2Si2/c1-7-17-19(9-3,10-4)15-13-14-16-20(11-5,12-6)18-8-2/h7-16H2,1-6H3. The lowest BCUT2D eigenvalue weighted by atomic mass is 10.4. The predicted molar refractivity (Wildman–Crippen MR) is 95.5 cm³/mol. The summed E-state index contributed by atoms with van der Waals surface area (Å²) in [5, 5.41) is 0. The van der Waals surface area contributed by atoms with Crippen molar-refractivity contribution in [2.75, 3.05) is 13.2 Å². The van der Waals surface area contributed by atoms with E-state index in [1.807, 2.05) is 0 Å². The fourth-order valence-corrected chi connectivity index (χ4v) is 9.80. The van der Waals surface area contributed by atoms with Gasteiger partial charge >= 0.3 is 0 Å². The van der Waals surface area contributed by atoms with Gasteiger partial charge in [0.15, 0.2) is 16.6 Å². The van der Waals surface area contributed by atoms with Crippen LogP contribution in [-0.2, 0) is 8.85 Å². The molecule has 0 fully saturated rings. The molecule has 4 heteroatoms. The van der Waals surface area contributed by atoms with Crippen molar-refractivity contribution < 1.29 is 8.85 Å². The third-order valence-corrected chi connectivity index (χ3v) is 14.5. The third kappa shape index (κ3) is 6.41. The molecule has 0 atom stereocenters. The van der Waals surface area contributed by atoms with Gasteiger partial charge < -0.3 is 8.85 Å². The molecule has 0 aromatic heterocycles. The fourth-order valence-electron chi connectivity index (χ4n) is 3.27. The average Bonchev–Trinajstić information content (AvgIpc) is 2.49. The molecule has 0 bridgehead atoms. The second-order valence-electron chi connectivity index (χ2n) is 5.85. The van der Waals surface area contributed by atoms with Crippen LogP contribution in [0.5, 0.6) is 0 Å². The summed E-state index contributed by atoms with van der Waals surface area (Å²) in [5.74, 6) is 0. The SMILES string of the molecule is CCO[Si](CC)(CC)CCCC[Si](CC)(CC)OCC. The van der Waals surface area contributed by atoms with Gasteiger partial charge in [-0.15, -0.1) is 0 Å². The number of rotatable bonds is 13. The highest BCUT2D eigenvalue weighted by Gasteiger charge is 2.32. The summed E-state index contributed by atoms with van der Waals surface area (Å²) in [4.78, 5) is 0. The van der Waals surface area contributed by atoms with Crippen molar-refractivity contribution in [2.24, 2.45) is 0 Å². The predicted octanol–water partition coefficient (Wildman–Crippen LogP) is 5.81. The molecule has 0 saturated heterocycles. The van der Waals surface area contributed by atoms with Crippen LogP contribution >= 0.6 is 0 Å². The summed E-state index contributed by atoms with van der Waals surface area (Å²) in [6.07, 6.45) is 2.69. The van der Waals surface area contributed by atoms with E-state index >= 15 is 0 Å². The van der Waals surface area contributed by atoms with Crippen LogP contribution in [0.4, 0.5) is 0 Å². The van der Waals surface area contributed by atoms with Gasteiger partial charge in [-0.1, -0.05) is 40.5 Å². The van der Waals surface area contributed by atoms with Gasteiger partial charge in [-0.25, -0.2) is 0 Å². The van der Waals surface area contributed by atoms with Crippen LogP contribution in [0, 0.1) is 0 Å². The highest BCUT2D eigenvalue weighted by Crippen LogP contribution is 2.29. The third-order valence-electron chi connectivity index (χ3n) is 4.99. The maximum absolute atomic E-state index is 6.18. The number of hydrogen-bond acceptors (Lipinski definition) is 2. The molecule has 0 heterocycles. The molecule has 0 aromatic rings. The molecular weight excluding hydrogens is 280 g/mol. The smallest absolute Gasteiger partial charge is 0.192 e. The van der Waals surface area contributed by atoms with Crippen LogP contribution in [0.1, 0.15) is 54.4 Å². The van der Waals surface area contributed by atoms with E-state index < -0.39 is 16.6 Å². The Bertz CT molecular complexity index is 203. The van der Waals surface area contributed by atoms with E-state index in [9.17, 15) is 0 Å². The Kier molecular flexibility index (Phi) is 11.2. The minimum atomic E-state index is -1.40. The molecule has 0 amide bonds. The quantitative estimate of drug-likeness (QED) is 0.315. The van der Waals surface area contributed by atoms with Gasteiger partial charge in [-0.2, -0.15) is 0 Å². The van der Waals surface area contributed by atoms with Gasteiger partial charge in [-0.05, 0) is 50.1 Å². The van der Waals surface area contributed by atoms with E-state index in [4.69, 9.17) is 8.85 Å². The molecule has 0 spiro atoms. The summed E-state index contributed by atoms with van der Waals surface area (Å²) in [7, 11) is -2.81. The summed E-state index contributed by atoms with van der Waals surface area (Å²) >= 11 is 0. The van der Waals surface area contributed by atoms with Crippen molar-refractivity contribution in [1.82, 2.24) is 0 Å². The highest BCUT2D eigenvalue weighted by molar-refractivity contribution is 6.74. The first kappa shape index (κ1) is 20.4. The molecule has 20 heavy (non-hydrogen) atoms. The Balaban J connectivity index is 4.27. The molecule has 0 aliphatic carbocycles. The molecule has 0 saturated carbocycles. The largest absolute Gasteiger partial charge is 0.417 e. The molecule has 0 aromatic carbocycles. The van der Waals surface area contributed by atoms with Crippen molar-refractivity contribution in [3.63, 3.8) is 0 Å². The lowest BCUT2D eigenvalue weighted by molar-refractivity contribution is 0.314. The molecule has 0 N–H and O–H groups in total. The molecule has 0 aliphatic heterocycles. The van der Waals surface area contributed by atoms with Crippen LogP contribution in [0.3, 0.4) is 0 Å². The van der Waals surface area contributed by atoms with E-state index in [2.05, 4.69) is 41.5 Å². The van der Waals surface area contributed by atoms with Crippen molar-refractivity contribution >= 4 is 16.6 Å². The Morgan fingerprint density at radius 1 is 0.550 bits per heavy atom. The zero-order valence-electron chi connectivity index (χ0n) is 14.9. The van der Waals surface area contributed by atoms with E-state index in [0.717, 1.165) is 13.2 Å². The zero-order valence-corrected chi connectivity index (χ0v) is 16.9. The molecule has 2 nitrogen and oxygen atoms in total. The van der Waals surface area contributed by atoms with Gasteiger partial charge in [0.1, 0.15) is 0 Å². The lowest BCUT2D eigenvalue weighted by Gasteiger charge is -2.31. The van der Waals surface area contributed by atoms with Crippen molar-refractivity contribution in [2.45, 2.75) is 90.6 Å². The Morgan fingerprint density at radius 3 is 1.05 bits per heavy atom. The topological polar surface area (TPSA) is 18.5 Å². The summed E-state index contributed by atoms with van der Waals surface area (Å²) in [6.45, 7) is 15.4. The first-order valence-corrected chi connectivity index (χ1v) is 13.9. The fraction of sp³-hybridized carbons (Fsp3) is 1.00. The van der Waals surface area contributed by atoms with Crippen LogP contribution in [-0.4, -0.2) is 29.8 Å². The average molecular weight is 319 g/mol. The minimum absolute atomic E-state index is 0.898.